The van der Waals surface area contributed by atoms with Crippen molar-refractivity contribution >= 4 is 5.96 Å². The average molecular weight is 415 g/mol. The number of hydrogen-bond donors (Lipinski definition) is 1. The van der Waals surface area contributed by atoms with Gasteiger partial charge in [-0.25, -0.2) is 4.39 Å². The predicted molar refractivity (Wildman–Crippen MR) is 115 cm³/mol. The lowest BCUT2D eigenvalue weighted by molar-refractivity contribution is 0.0169. The third-order valence-corrected chi connectivity index (χ3v) is 6.09. The highest BCUT2D eigenvalue weighted by Crippen LogP contribution is 2.27. The number of aromatic nitrogens is 2. The molecule has 0 saturated carbocycles. The van der Waals surface area contributed by atoms with Crippen molar-refractivity contribution in [3.8, 4) is 0 Å². The van der Waals surface area contributed by atoms with E-state index in [4.69, 9.17) is 4.74 Å². The Kier molecular flexibility index (Phi) is 6.64. The topological polar surface area (TPSA) is 57.9 Å². The molecule has 1 aromatic heterocycles. The van der Waals surface area contributed by atoms with Crippen LogP contribution in [0.5, 0.6) is 0 Å². The molecule has 0 radical (unpaired) electrons. The van der Waals surface area contributed by atoms with Gasteiger partial charge in [-0.3, -0.25) is 14.6 Å². The van der Waals surface area contributed by atoms with E-state index in [1.54, 1.807) is 0 Å². The van der Waals surface area contributed by atoms with Crippen molar-refractivity contribution in [2.75, 3.05) is 53.0 Å². The summed E-state index contributed by atoms with van der Waals surface area (Å²) in [5.41, 5.74) is 2.39. The molecule has 1 N–H and O–H groups in total. The molecular formula is C22H31FN6O. The Labute approximate surface area is 177 Å². The van der Waals surface area contributed by atoms with E-state index >= 15 is 0 Å². The largest absolute Gasteiger partial charge is 0.379 e. The van der Waals surface area contributed by atoms with Crippen LogP contribution in [0.1, 0.15) is 29.5 Å². The summed E-state index contributed by atoms with van der Waals surface area (Å²) in [5, 5.41) is 7.89. The van der Waals surface area contributed by atoms with Crippen LogP contribution in [0.2, 0.25) is 0 Å². The van der Waals surface area contributed by atoms with E-state index in [1.807, 2.05) is 37.1 Å². The smallest absolute Gasteiger partial charge is 0.193 e. The molecule has 2 aliphatic heterocycles. The van der Waals surface area contributed by atoms with Crippen molar-refractivity contribution in [2.24, 2.45) is 12.0 Å². The summed E-state index contributed by atoms with van der Waals surface area (Å²) in [7, 11) is 3.79. The second-order valence-electron chi connectivity index (χ2n) is 8.02. The Morgan fingerprint density at radius 2 is 2.03 bits per heavy atom. The number of halogens is 1. The van der Waals surface area contributed by atoms with Crippen LogP contribution in [0.25, 0.3) is 0 Å². The van der Waals surface area contributed by atoms with E-state index in [-0.39, 0.29) is 11.9 Å². The zero-order chi connectivity index (χ0) is 20.9. The minimum atomic E-state index is -0.207. The standard InChI is InChI=1S/C22H31FN6O/c1-24-22(29-8-7-18(16-29)19-13-26-27(2)15-19)25-14-21(28-9-11-30-12-10-28)17-3-5-20(23)6-4-17/h3-6,13,15,18,21H,7-12,14,16H2,1-2H3,(H,24,25). The molecule has 2 fully saturated rings. The van der Waals surface area contributed by atoms with Crippen LogP contribution in [0, 0.1) is 5.82 Å². The van der Waals surface area contributed by atoms with Crippen LogP contribution in [0.3, 0.4) is 0 Å². The van der Waals surface area contributed by atoms with Crippen LogP contribution < -0.4 is 5.32 Å². The first-order valence-corrected chi connectivity index (χ1v) is 10.7. The lowest BCUT2D eigenvalue weighted by Crippen LogP contribution is -2.47. The summed E-state index contributed by atoms with van der Waals surface area (Å²) in [5.74, 6) is 1.19. The Bertz CT molecular complexity index is 846. The van der Waals surface area contributed by atoms with Gasteiger partial charge in [-0.1, -0.05) is 12.1 Å². The van der Waals surface area contributed by atoms with Gasteiger partial charge in [0, 0.05) is 58.9 Å². The Morgan fingerprint density at radius 1 is 1.27 bits per heavy atom. The Morgan fingerprint density at radius 3 is 2.70 bits per heavy atom. The molecule has 1 aromatic carbocycles. The Balaban J connectivity index is 1.42. The number of nitrogens with zero attached hydrogens (tertiary/aromatic N) is 5. The molecule has 0 bridgehead atoms. The average Bonchev–Trinajstić information content (AvgIpc) is 3.42. The van der Waals surface area contributed by atoms with Gasteiger partial charge >= 0.3 is 0 Å². The van der Waals surface area contributed by atoms with Crippen molar-refractivity contribution in [3.63, 3.8) is 0 Å². The molecule has 7 nitrogen and oxygen atoms in total. The monoisotopic (exact) mass is 414 g/mol. The first-order valence-electron chi connectivity index (χ1n) is 10.7. The zero-order valence-corrected chi connectivity index (χ0v) is 17.8. The normalized spacial score (nSPS) is 21.8. The van der Waals surface area contributed by atoms with Gasteiger partial charge in [0.1, 0.15) is 5.82 Å². The number of likely N-dealkylation sites (tertiary alicyclic amines) is 1. The molecular weight excluding hydrogens is 383 g/mol. The molecule has 8 heteroatoms. The number of hydrogen-bond acceptors (Lipinski definition) is 4. The molecule has 2 aliphatic rings. The molecule has 3 heterocycles. The van der Waals surface area contributed by atoms with E-state index in [1.165, 1.54) is 17.7 Å². The third-order valence-electron chi connectivity index (χ3n) is 6.09. The molecule has 0 aliphatic carbocycles. The minimum absolute atomic E-state index is 0.142. The van der Waals surface area contributed by atoms with Crippen LogP contribution in [-0.2, 0) is 11.8 Å². The first kappa shape index (κ1) is 20.8. The predicted octanol–water partition coefficient (Wildman–Crippen LogP) is 2.00. The van der Waals surface area contributed by atoms with E-state index in [0.717, 1.165) is 57.3 Å². The maximum atomic E-state index is 13.5. The highest BCUT2D eigenvalue weighted by Gasteiger charge is 2.28. The lowest BCUT2D eigenvalue weighted by Gasteiger charge is -2.35. The molecule has 4 rings (SSSR count). The number of nitrogens with one attached hydrogen (secondary N) is 1. The fourth-order valence-corrected chi connectivity index (χ4v) is 4.43. The van der Waals surface area contributed by atoms with E-state index in [0.29, 0.717) is 12.5 Å². The summed E-state index contributed by atoms with van der Waals surface area (Å²) in [4.78, 5) is 9.26. The Hall–Kier alpha value is -2.45. The molecule has 0 spiro atoms. The first-order chi connectivity index (χ1) is 14.6. The van der Waals surface area contributed by atoms with Crippen LogP contribution >= 0.6 is 0 Å². The fourth-order valence-electron chi connectivity index (χ4n) is 4.43. The maximum Gasteiger partial charge on any atom is 0.193 e. The molecule has 2 aromatic rings. The highest BCUT2D eigenvalue weighted by molar-refractivity contribution is 5.80. The SMILES string of the molecule is CN=C(NCC(c1ccc(F)cc1)N1CCOCC1)N1CCC(c2cnn(C)c2)C1. The zero-order valence-electron chi connectivity index (χ0n) is 17.8. The second kappa shape index (κ2) is 9.57. The third kappa shape index (κ3) is 4.82. The number of morpholine rings is 1. The van der Waals surface area contributed by atoms with Crippen molar-refractivity contribution in [1.82, 2.24) is 24.9 Å². The molecule has 0 amide bonds. The van der Waals surface area contributed by atoms with Gasteiger partial charge in [-0.15, -0.1) is 0 Å². The number of guanidine groups is 1. The highest BCUT2D eigenvalue weighted by atomic mass is 19.1. The van der Waals surface area contributed by atoms with E-state index in [2.05, 4.69) is 31.4 Å². The molecule has 2 saturated heterocycles. The summed E-state index contributed by atoms with van der Waals surface area (Å²) >= 11 is 0. The summed E-state index contributed by atoms with van der Waals surface area (Å²) < 4.78 is 20.9. The number of ether oxygens (including phenoxy) is 1. The van der Waals surface area contributed by atoms with Crippen molar-refractivity contribution < 1.29 is 9.13 Å². The fraction of sp³-hybridized carbons (Fsp3) is 0.545. The number of rotatable bonds is 5. The van der Waals surface area contributed by atoms with Crippen LogP contribution in [0.4, 0.5) is 4.39 Å². The summed E-state index contributed by atoms with van der Waals surface area (Å²) in [6.07, 6.45) is 5.16. The minimum Gasteiger partial charge on any atom is -0.379 e. The molecule has 30 heavy (non-hydrogen) atoms. The quantitative estimate of drug-likeness (QED) is 0.599. The number of benzene rings is 1. The van der Waals surface area contributed by atoms with Gasteiger partial charge in [0.25, 0.3) is 0 Å². The van der Waals surface area contributed by atoms with Gasteiger partial charge in [0.05, 0.1) is 25.5 Å². The van der Waals surface area contributed by atoms with E-state index in [9.17, 15) is 4.39 Å². The molecule has 2 atom stereocenters. The number of aryl methyl sites for hydroxylation is 1. The number of aliphatic imine (C=N–C) groups is 1. The van der Waals surface area contributed by atoms with Crippen LogP contribution in [0.15, 0.2) is 41.7 Å². The van der Waals surface area contributed by atoms with Gasteiger partial charge in [-0.05, 0) is 29.7 Å². The van der Waals surface area contributed by atoms with Crippen LogP contribution in [-0.4, -0.2) is 78.5 Å². The van der Waals surface area contributed by atoms with Gasteiger partial charge in [0.15, 0.2) is 5.96 Å². The van der Waals surface area contributed by atoms with Gasteiger partial charge in [-0.2, -0.15) is 5.10 Å². The van der Waals surface area contributed by atoms with Gasteiger partial charge in [0.2, 0.25) is 0 Å². The van der Waals surface area contributed by atoms with E-state index < -0.39 is 0 Å². The summed E-state index contributed by atoms with van der Waals surface area (Å²) in [6.45, 7) is 5.81. The molecule has 2 unspecified atom stereocenters. The maximum absolute atomic E-state index is 13.5. The lowest BCUT2D eigenvalue weighted by atomic mass is 10.0. The molecule has 162 valence electrons. The van der Waals surface area contributed by atoms with Gasteiger partial charge < -0.3 is 15.0 Å². The second-order valence-corrected chi connectivity index (χ2v) is 8.02. The van der Waals surface area contributed by atoms with Crippen molar-refractivity contribution in [1.29, 1.82) is 0 Å². The van der Waals surface area contributed by atoms with Crippen molar-refractivity contribution in [3.05, 3.63) is 53.6 Å². The summed E-state index contributed by atoms with van der Waals surface area (Å²) in [6, 6.07) is 6.98. The van der Waals surface area contributed by atoms with Crippen molar-refractivity contribution in [2.45, 2.75) is 18.4 Å².